The van der Waals surface area contributed by atoms with Crippen LogP contribution in [0, 0.1) is 0 Å². The smallest absolute Gasteiger partial charge is 0.284 e. The van der Waals surface area contributed by atoms with Crippen molar-refractivity contribution in [3.8, 4) is 5.75 Å². The zero-order chi connectivity index (χ0) is 15.5. The zero-order valence-electron chi connectivity index (χ0n) is 11.9. The Balaban J connectivity index is 1.84. The van der Waals surface area contributed by atoms with E-state index >= 15 is 0 Å². The second kappa shape index (κ2) is 6.13. The molecule has 0 unspecified atom stereocenters. The number of ether oxygens (including phenoxy) is 1. The van der Waals surface area contributed by atoms with Crippen molar-refractivity contribution in [2.75, 3.05) is 12.4 Å². The first-order valence-corrected chi connectivity index (χ1v) is 7.47. The lowest BCUT2D eigenvalue weighted by atomic mass is 10.2. The highest BCUT2D eigenvalue weighted by molar-refractivity contribution is 7.20. The highest BCUT2D eigenvalue weighted by Crippen LogP contribution is 2.25. The molecule has 0 aliphatic rings. The van der Waals surface area contributed by atoms with E-state index in [4.69, 9.17) is 4.74 Å². The van der Waals surface area contributed by atoms with Crippen LogP contribution in [0.2, 0.25) is 0 Å². The second-order valence-electron chi connectivity index (χ2n) is 4.63. The molecular formula is C16H14N2O3S. The number of nitrogens with zero attached hydrogens (tertiary/aromatic N) is 1. The topological polar surface area (TPSA) is 71.5 Å². The predicted octanol–water partition coefficient (Wildman–Crippen LogP) is 3.05. The number of benzene rings is 2. The molecule has 1 amide bonds. The monoisotopic (exact) mass is 314 g/mol. The van der Waals surface area contributed by atoms with Crippen molar-refractivity contribution in [3.63, 3.8) is 0 Å². The van der Waals surface area contributed by atoms with E-state index in [1.165, 1.54) is 18.4 Å². The van der Waals surface area contributed by atoms with Crippen molar-refractivity contribution < 1.29 is 14.6 Å². The molecule has 0 saturated carbocycles. The highest BCUT2D eigenvalue weighted by Gasteiger charge is 2.13. The molecule has 5 nitrogen and oxygen atoms in total. The molecule has 0 fully saturated rings. The van der Waals surface area contributed by atoms with Crippen molar-refractivity contribution >= 4 is 33.1 Å². The summed E-state index contributed by atoms with van der Waals surface area (Å²) in [6.07, 6.45) is 0. The van der Waals surface area contributed by atoms with E-state index in [0.29, 0.717) is 22.0 Å². The number of para-hydroxylation sites is 1. The minimum absolute atomic E-state index is 0.159. The van der Waals surface area contributed by atoms with Gasteiger partial charge < -0.3 is 15.2 Å². The van der Waals surface area contributed by atoms with Gasteiger partial charge in [0.15, 0.2) is 5.01 Å². The van der Waals surface area contributed by atoms with Crippen LogP contribution in [0.25, 0.3) is 10.2 Å². The molecule has 1 aromatic heterocycles. The molecule has 2 N–H and O–H groups in total. The summed E-state index contributed by atoms with van der Waals surface area (Å²) in [5.74, 6) is 0.316. The van der Waals surface area contributed by atoms with Crippen molar-refractivity contribution in [1.82, 2.24) is 4.98 Å². The SMILES string of the molecule is COc1ccc(NC(=O)c2nc3ccccc3s2)cc1CO. The fourth-order valence-corrected chi connectivity index (χ4v) is 2.99. The van der Waals surface area contributed by atoms with Gasteiger partial charge in [0.25, 0.3) is 5.91 Å². The number of aliphatic hydroxyl groups excluding tert-OH is 1. The van der Waals surface area contributed by atoms with Crippen LogP contribution in [0.1, 0.15) is 15.4 Å². The van der Waals surface area contributed by atoms with E-state index in [1.807, 2.05) is 24.3 Å². The Morgan fingerprint density at radius 2 is 2.14 bits per heavy atom. The number of aromatic nitrogens is 1. The van der Waals surface area contributed by atoms with Gasteiger partial charge in [0.05, 0.1) is 23.9 Å². The van der Waals surface area contributed by atoms with Gasteiger partial charge in [-0.05, 0) is 30.3 Å². The maximum atomic E-state index is 12.3. The van der Waals surface area contributed by atoms with Gasteiger partial charge in [-0.15, -0.1) is 11.3 Å². The fraction of sp³-hybridized carbons (Fsp3) is 0.125. The van der Waals surface area contributed by atoms with Gasteiger partial charge in [-0.2, -0.15) is 0 Å². The number of rotatable bonds is 4. The number of carbonyl (C=O) groups is 1. The van der Waals surface area contributed by atoms with Crippen LogP contribution in [0.5, 0.6) is 5.75 Å². The van der Waals surface area contributed by atoms with Crippen LogP contribution >= 0.6 is 11.3 Å². The molecule has 0 atom stereocenters. The molecular weight excluding hydrogens is 300 g/mol. The lowest BCUT2D eigenvalue weighted by Gasteiger charge is -2.09. The van der Waals surface area contributed by atoms with Gasteiger partial charge in [0, 0.05) is 11.3 Å². The van der Waals surface area contributed by atoms with E-state index < -0.39 is 0 Å². The third kappa shape index (κ3) is 2.79. The number of aliphatic hydroxyl groups is 1. The minimum atomic E-state index is -0.268. The molecule has 0 saturated heterocycles. The summed E-state index contributed by atoms with van der Waals surface area (Å²) in [5.41, 5.74) is 2.02. The standard InChI is InChI=1S/C16H14N2O3S/c1-21-13-7-6-11(8-10(13)9-19)17-15(20)16-18-12-4-2-3-5-14(12)22-16/h2-8,19H,9H2,1H3,(H,17,20). The van der Waals surface area contributed by atoms with Crippen LogP contribution in [0.4, 0.5) is 5.69 Å². The zero-order valence-corrected chi connectivity index (χ0v) is 12.7. The largest absolute Gasteiger partial charge is 0.496 e. The van der Waals surface area contributed by atoms with Crippen molar-refractivity contribution in [3.05, 3.63) is 53.0 Å². The van der Waals surface area contributed by atoms with Gasteiger partial charge in [0.1, 0.15) is 5.75 Å². The molecule has 0 bridgehead atoms. The lowest BCUT2D eigenvalue weighted by Crippen LogP contribution is -2.11. The number of hydrogen-bond donors (Lipinski definition) is 2. The van der Waals surface area contributed by atoms with Gasteiger partial charge in [-0.25, -0.2) is 4.98 Å². The summed E-state index contributed by atoms with van der Waals surface area (Å²) >= 11 is 1.35. The fourth-order valence-electron chi connectivity index (χ4n) is 2.13. The Bertz CT molecular complexity index is 796. The number of thiazole rings is 1. The molecule has 3 aromatic rings. The first kappa shape index (κ1) is 14.5. The summed E-state index contributed by atoms with van der Waals surface area (Å²) in [4.78, 5) is 16.6. The summed E-state index contributed by atoms with van der Waals surface area (Å²) in [5, 5.41) is 12.5. The molecule has 112 valence electrons. The van der Waals surface area contributed by atoms with E-state index in [2.05, 4.69) is 10.3 Å². The highest BCUT2D eigenvalue weighted by atomic mass is 32.1. The Morgan fingerprint density at radius 1 is 1.32 bits per heavy atom. The molecule has 3 rings (SSSR count). The molecule has 1 heterocycles. The number of amides is 1. The van der Waals surface area contributed by atoms with Crippen molar-refractivity contribution in [2.45, 2.75) is 6.61 Å². The van der Waals surface area contributed by atoms with Crippen LogP contribution in [0.3, 0.4) is 0 Å². The predicted molar refractivity (Wildman–Crippen MR) is 86.5 cm³/mol. The van der Waals surface area contributed by atoms with E-state index in [-0.39, 0.29) is 12.5 Å². The molecule has 0 aliphatic carbocycles. The second-order valence-corrected chi connectivity index (χ2v) is 5.66. The number of nitrogens with one attached hydrogen (secondary N) is 1. The van der Waals surface area contributed by atoms with E-state index in [0.717, 1.165) is 10.2 Å². The van der Waals surface area contributed by atoms with E-state index in [9.17, 15) is 9.90 Å². The number of hydrogen-bond acceptors (Lipinski definition) is 5. The number of fused-ring (bicyclic) bond motifs is 1. The Morgan fingerprint density at radius 3 is 2.86 bits per heavy atom. The molecule has 6 heteroatoms. The van der Waals surface area contributed by atoms with Crippen LogP contribution in [-0.4, -0.2) is 23.1 Å². The third-order valence-corrected chi connectivity index (χ3v) is 4.23. The van der Waals surface area contributed by atoms with E-state index in [1.54, 1.807) is 18.2 Å². The maximum absolute atomic E-state index is 12.3. The molecule has 0 aliphatic heterocycles. The van der Waals surface area contributed by atoms with Crippen LogP contribution < -0.4 is 10.1 Å². The average Bonchev–Trinajstić information content (AvgIpc) is 2.99. The average molecular weight is 314 g/mol. The maximum Gasteiger partial charge on any atom is 0.284 e. The number of anilines is 1. The van der Waals surface area contributed by atoms with Gasteiger partial charge in [-0.3, -0.25) is 4.79 Å². The first-order chi connectivity index (χ1) is 10.7. The molecule has 0 radical (unpaired) electrons. The van der Waals surface area contributed by atoms with Gasteiger partial charge >= 0.3 is 0 Å². The number of methoxy groups -OCH3 is 1. The molecule has 0 spiro atoms. The van der Waals surface area contributed by atoms with Crippen LogP contribution in [-0.2, 0) is 6.61 Å². The summed E-state index contributed by atoms with van der Waals surface area (Å²) in [6.45, 7) is -0.159. The first-order valence-electron chi connectivity index (χ1n) is 6.66. The lowest BCUT2D eigenvalue weighted by molar-refractivity contribution is 0.102. The van der Waals surface area contributed by atoms with Crippen molar-refractivity contribution in [1.29, 1.82) is 0 Å². The van der Waals surface area contributed by atoms with Gasteiger partial charge in [0.2, 0.25) is 0 Å². The summed E-state index contributed by atoms with van der Waals surface area (Å²) in [6, 6.07) is 12.7. The Kier molecular flexibility index (Phi) is 4.04. The Labute approximate surface area is 131 Å². The normalized spacial score (nSPS) is 10.6. The molecule has 2 aromatic carbocycles. The third-order valence-electron chi connectivity index (χ3n) is 3.20. The van der Waals surface area contributed by atoms with Crippen molar-refractivity contribution in [2.24, 2.45) is 0 Å². The summed E-state index contributed by atoms with van der Waals surface area (Å²) in [7, 11) is 1.54. The quantitative estimate of drug-likeness (QED) is 0.776. The minimum Gasteiger partial charge on any atom is -0.496 e. The summed E-state index contributed by atoms with van der Waals surface area (Å²) < 4.78 is 6.11. The Hall–Kier alpha value is -2.44. The van der Waals surface area contributed by atoms with Gasteiger partial charge in [-0.1, -0.05) is 12.1 Å². The van der Waals surface area contributed by atoms with Crippen LogP contribution in [0.15, 0.2) is 42.5 Å². The number of carbonyl (C=O) groups excluding carboxylic acids is 1. The molecule has 22 heavy (non-hydrogen) atoms.